The molecule has 0 bridgehead atoms. The molecule has 4 nitrogen and oxygen atoms in total. The summed E-state index contributed by atoms with van der Waals surface area (Å²) in [6.45, 7) is 5.03. The van der Waals surface area contributed by atoms with E-state index in [-0.39, 0.29) is 11.4 Å². The summed E-state index contributed by atoms with van der Waals surface area (Å²) in [5.41, 5.74) is 4.08. The third-order valence-corrected chi connectivity index (χ3v) is 4.81. The first-order valence-corrected chi connectivity index (χ1v) is 8.79. The number of halogens is 1. The maximum Gasteiger partial charge on any atom is 0.336 e. The van der Waals surface area contributed by atoms with Crippen molar-refractivity contribution in [2.45, 2.75) is 33.2 Å². The van der Waals surface area contributed by atoms with Crippen molar-refractivity contribution in [3.63, 3.8) is 0 Å². The Morgan fingerprint density at radius 2 is 1.96 bits per heavy atom. The summed E-state index contributed by atoms with van der Waals surface area (Å²) in [6.07, 6.45) is 1.77. The molecule has 0 spiro atoms. The largest absolute Gasteiger partial charge is 0.472 e. The molecule has 1 aromatic heterocycles. The number of hydrogen-bond donors (Lipinski definition) is 0. The maximum absolute atomic E-state index is 13.2. The van der Waals surface area contributed by atoms with Crippen molar-refractivity contribution >= 4 is 16.7 Å². The highest BCUT2D eigenvalue weighted by molar-refractivity contribution is 5.86. The Labute approximate surface area is 150 Å². The lowest BCUT2D eigenvalue weighted by molar-refractivity contribution is 0.287. The predicted molar refractivity (Wildman–Crippen MR) is 99.3 cm³/mol. The van der Waals surface area contributed by atoms with E-state index in [1.807, 2.05) is 11.8 Å². The SMILES string of the molecule is CCCc1cc(=O)oc2c(C)c3c(cc12)CN(c1ccc(F)cc1)CO3. The first-order chi connectivity index (χ1) is 12.6. The molecule has 0 unspecified atom stereocenters. The van der Waals surface area contributed by atoms with Crippen molar-refractivity contribution in [1.82, 2.24) is 0 Å². The molecule has 5 heteroatoms. The van der Waals surface area contributed by atoms with E-state index < -0.39 is 0 Å². The molecule has 0 saturated carbocycles. The maximum atomic E-state index is 13.2. The van der Waals surface area contributed by atoms with Gasteiger partial charge in [-0.1, -0.05) is 13.3 Å². The summed E-state index contributed by atoms with van der Waals surface area (Å²) in [4.78, 5) is 14.0. The van der Waals surface area contributed by atoms with Gasteiger partial charge < -0.3 is 14.1 Å². The molecular weight excluding hydrogens is 333 g/mol. The van der Waals surface area contributed by atoms with Gasteiger partial charge in [0, 0.05) is 34.8 Å². The average molecular weight is 353 g/mol. The molecule has 134 valence electrons. The lowest BCUT2D eigenvalue weighted by Crippen LogP contribution is -2.32. The van der Waals surface area contributed by atoms with Crippen LogP contribution in [0.1, 0.15) is 30.0 Å². The first-order valence-electron chi connectivity index (χ1n) is 8.79. The van der Waals surface area contributed by atoms with Crippen molar-refractivity contribution in [3.8, 4) is 5.75 Å². The van der Waals surface area contributed by atoms with Crippen LogP contribution in [0, 0.1) is 12.7 Å². The highest BCUT2D eigenvalue weighted by atomic mass is 19.1. The number of anilines is 1. The molecule has 0 saturated heterocycles. The zero-order chi connectivity index (χ0) is 18.3. The van der Waals surface area contributed by atoms with Crippen molar-refractivity contribution in [2.24, 2.45) is 0 Å². The smallest absolute Gasteiger partial charge is 0.336 e. The molecule has 0 atom stereocenters. The van der Waals surface area contributed by atoms with Crippen LogP contribution in [0.2, 0.25) is 0 Å². The predicted octanol–water partition coefficient (Wildman–Crippen LogP) is 4.55. The summed E-state index contributed by atoms with van der Waals surface area (Å²) in [6, 6.07) is 10.0. The molecule has 0 radical (unpaired) electrons. The molecule has 2 aromatic carbocycles. The van der Waals surface area contributed by atoms with Crippen LogP contribution in [0.5, 0.6) is 5.75 Å². The van der Waals surface area contributed by atoms with E-state index >= 15 is 0 Å². The molecular formula is C21H20FNO3. The topological polar surface area (TPSA) is 42.7 Å². The Balaban J connectivity index is 1.81. The van der Waals surface area contributed by atoms with Gasteiger partial charge in [-0.15, -0.1) is 0 Å². The molecule has 1 aliphatic heterocycles. The number of rotatable bonds is 3. The van der Waals surface area contributed by atoms with Gasteiger partial charge in [0.1, 0.15) is 17.1 Å². The van der Waals surface area contributed by atoms with E-state index in [0.717, 1.165) is 46.4 Å². The fraction of sp³-hybridized carbons (Fsp3) is 0.286. The third kappa shape index (κ3) is 2.83. The quantitative estimate of drug-likeness (QED) is 0.648. The fourth-order valence-corrected chi connectivity index (χ4v) is 3.58. The summed E-state index contributed by atoms with van der Waals surface area (Å²) in [5, 5.41) is 0.965. The second-order valence-corrected chi connectivity index (χ2v) is 6.65. The minimum absolute atomic E-state index is 0.256. The number of aryl methyl sites for hydroxylation is 2. The molecule has 3 aromatic rings. The van der Waals surface area contributed by atoms with Gasteiger partial charge in [0.05, 0.1) is 0 Å². The number of fused-ring (bicyclic) bond motifs is 2. The lowest BCUT2D eigenvalue weighted by atomic mass is 9.98. The van der Waals surface area contributed by atoms with Crippen LogP contribution in [-0.4, -0.2) is 6.73 Å². The van der Waals surface area contributed by atoms with Crippen molar-refractivity contribution in [1.29, 1.82) is 0 Å². The molecule has 26 heavy (non-hydrogen) atoms. The average Bonchev–Trinajstić information content (AvgIpc) is 2.63. The first kappa shape index (κ1) is 16.6. The Bertz CT molecular complexity index is 1020. The third-order valence-electron chi connectivity index (χ3n) is 4.81. The van der Waals surface area contributed by atoms with Crippen LogP contribution >= 0.6 is 0 Å². The number of ether oxygens (including phenoxy) is 1. The Hall–Kier alpha value is -2.82. The van der Waals surface area contributed by atoms with Crippen molar-refractivity contribution in [2.75, 3.05) is 11.6 Å². The van der Waals surface area contributed by atoms with E-state index in [0.29, 0.717) is 18.9 Å². The van der Waals surface area contributed by atoms with Gasteiger partial charge in [-0.2, -0.15) is 0 Å². The fourth-order valence-electron chi connectivity index (χ4n) is 3.58. The summed E-state index contributed by atoms with van der Waals surface area (Å²) in [5.74, 6) is 0.515. The zero-order valence-corrected chi connectivity index (χ0v) is 14.8. The van der Waals surface area contributed by atoms with Gasteiger partial charge >= 0.3 is 5.63 Å². The number of hydrogen-bond acceptors (Lipinski definition) is 4. The summed E-state index contributed by atoms with van der Waals surface area (Å²) in [7, 11) is 0. The monoisotopic (exact) mass is 353 g/mol. The minimum Gasteiger partial charge on any atom is -0.472 e. The molecule has 0 aliphatic carbocycles. The Morgan fingerprint density at radius 3 is 2.69 bits per heavy atom. The van der Waals surface area contributed by atoms with E-state index in [1.54, 1.807) is 18.2 Å². The molecule has 4 rings (SSSR count). The van der Waals surface area contributed by atoms with Crippen LogP contribution < -0.4 is 15.3 Å². The van der Waals surface area contributed by atoms with Crippen LogP contribution in [0.25, 0.3) is 11.0 Å². The number of nitrogens with zero attached hydrogens (tertiary/aromatic N) is 1. The van der Waals surface area contributed by atoms with E-state index in [9.17, 15) is 9.18 Å². The van der Waals surface area contributed by atoms with E-state index in [1.165, 1.54) is 12.1 Å². The van der Waals surface area contributed by atoms with E-state index in [2.05, 4.69) is 13.0 Å². The standard InChI is InChI=1S/C21H20FNO3/c1-3-4-14-10-19(24)26-21-13(2)20-15(9-18(14)21)11-23(12-25-20)17-7-5-16(22)6-8-17/h5-10H,3-4,11-12H2,1-2H3. The van der Waals surface area contributed by atoms with Crippen LogP contribution in [0.4, 0.5) is 10.1 Å². The zero-order valence-electron chi connectivity index (χ0n) is 14.8. The van der Waals surface area contributed by atoms with Crippen LogP contribution in [-0.2, 0) is 13.0 Å². The summed E-state index contributed by atoms with van der Waals surface area (Å²) >= 11 is 0. The van der Waals surface area contributed by atoms with E-state index in [4.69, 9.17) is 9.15 Å². The second-order valence-electron chi connectivity index (χ2n) is 6.65. The Kier molecular flexibility index (Phi) is 4.15. The summed E-state index contributed by atoms with van der Waals surface area (Å²) < 4.78 is 24.6. The van der Waals surface area contributed by atoms with Gasteiger partial charge in [-0.05, 0) is 49.2 Å². The van der Waals surface area contributed by atoms with Gasteiger partial charge in [0.2, 0.25) is 0 Å². The lowest BCUT2D eigenvalue weighted by Gasteiger charge is -2.32. The molecule has 2 heterocycles. The molecule has 1 aliphatic rings. The molecule has 0 fully saturated rings. The second kappa shape index (κ2) is 6.48. The molecule has 0 amide bonds. The highest BCUT2D eigenvalue weighted by Crippen LogP contribution is 2.37. The molecule has 0 N–H and O–H groups in total. The van der Waals surface area contributed by atoms with Gasteiger partial charge in [-0.25, -0.2) is 9.18 Å². The van der Waals surface area contributed by atoms with Crippen LogP contribution in [0.3, 0.4) is 0 Å². The minimum atomic E-state index is -0.326. The van der Waals surface area contributed by atoms with Gasteiger partial charge in [-0.3, -0.25) is 0 Å². The normalized spacial score (nSPS) is 13.6. The van der Waals surface area contributed by atoms with Gasteiger partial charge in [0.25, 0.3) is 0 Å². The van der Waals surface area contributed by atoms with Crippen molar-refractivity contribution < 1.29 is 13.5 Å². The van der Waals surface area contributed by atoms with Gasteiger partial charge in [0.15, 0.2) is 6.73 Å². The highest BCUT2D eigenvalue weighted by Gasteiger charge is 2.23. The van der Waals surface area contributed by atoms with Crippen LogP contribution in [0.15, 0.2) is 45.6 Å². The van der Waals surface area contributed by atoms with Crippen molar-refractivity contribution in [3.05, 3.63) is 69.3 Å². The Morgan fingerprint density at radius 1 is 1.19 bits per heavy atom. The number of benzene rings is 2.